The van der Waals surface area contributed by atoms with E-state index in [1.807, 2.05) is 13.8 Å². The third kappa shape index (κ3) is 6.42. The highest BCUT2D eigenvalue weighted by atomic mass is 16.5. The van der Waals surface area contributed by atoms with Gasteiger partial charge in [-0.15, -0.1) is 0 Å². The molecule has 2 N–H and O–H groups in total. The molecular weight excluding hydrogens is 344 g/mol. The van der Waals surface area contributed by atoms with E-state index in [4.69, 9.17) is 9.47 Å². The van der Waals surface area contributed by atoms with Crippen LogP contribution in [0.2, 0.25) is 0 Å². The largest absolute Gasteiger partial charge is 0.491 e. The Hall–Kier alpha value is -2.86. The first-order chi connectivity index (χ1) is 13.0. The van der Waals surface area contributed by atoms with Crippen molar-refractivity contribution in [3.05, 3.63) is 59.7 Å². The summed E-state index contributed by atoms with van der Waals surface area (Å²) in [6, 6.07) is 13.8. The Morgan fingerprint density at radius 2 is 1.52 bits per heavy atom. The highest BCUT2D eigenvalue weighted by Crippen LogP contribution is 2.15. The Balaban J connectivity index is 1.92. The molecule has 0 spiro atoms. The normalized spacial score (nSPS) is 11.5. The highest BCUT2D eigenvalue weighted by molar-refractivity contribution is 6.04. The molecule has 2 aromatic rings. The molecule has 2 amide bonds. The summed E-state index contributed by atoms with van der Waals surface area (Å²) in [5.74, 6) is 0.335. The van der Waals surface area contributed by atoms with E-state index in [0.717, 1.165) is 6.42 Å². The average molecular weight is 370 g/mol. The van der Waals surface area contributed by atoms with Gasteiger partial charge in [0.25, 0.3) is 11.8 Å². The molecule has 0 aliphatic rings. The highest BCUT2D eigenvalue weighted by Gasteiger charge is 2.10. The number of ether oxygens (including phenoxy) is 2. The zero-order valence-electron chi connectivity index (χ0n) is 16.0. The van der Waals surface area contributed by atoms with E-state index in [9.17, 15) is 9.59 Å². The molecule has 0 radical (unpaired) electrons. The van der Waals surface area contributed by atoms with Crippen LogP contribution in [-0.4, -0.2) is 38.2 Å². The second-order valence-electron chi connectivity index (χ2n) is 6.18. The van der Waals surface area contributed by atoms with Crippen LogP contribution in [0.3, 0.4) is 0 Å². The van der Waals surface area contributed by atoms with Gasteiger partial charge in [-0.1, -0.05) is 6.92 Å². The molecule has 0 heterocycles. The van der Waals surface area contributed by atoms with Crippen molar-refractivity contribution in [3.63, 3.8) is 0 Å². The molecule has 2 aromatic carbocycles. The molecule has 2 rings (SSSR count). The van der Waals surface area contributed by atoms with Crippen molar-refractivity contribution in [2.24, 2.45) is 0 Å². The lowest BCUT2D eigenvalue weighted by Crippen LogP contribution is -2.31. The predicted molar refractivity (Wildman–Crippen MR) is 105 cm³/mol. The van der Waals surface area contributed by atoms with Crippen LogP contribution in [-0.2, 0) is 4.74 Å². The Morgan fingerprint density at radius 3 is 2.11 bits per heavy atom. The maximum atomic E-state index is 12.3. The number of hydrogen-bond donors (Lipinski definition) is 2. The fourth-order valence-corrected chi connectivity index (χ4v) is 2.26. The van der Waals surface area contributed by atoms with E-state index in [2.05, 4.69) is 10.6 Å². The number of anilines is 1. The number of rotatable bonds is 9. The van der Waals surface area contributed by atoms with Crippen molar-refractivity contribution in [1.82, 2.24) is 5.32 Å². The molecule has 1 atom stereocenters. The van der Waals surface area contributed by atoms with E-state index >= 15 is 0 Å². The van der Waals surface area contributed by atoms with Gasteiger partial charge in [-0.25, -0.2) is 0 Å². The summed E-state index contributed by atoms with van der Waals surface area (Å²) < 4.78 is 10.4. The van der Waals surface area contributed by atoms with Crippen LogP contribution in [0.1, 0.15) is 41.0 Å². The molecule has 0 aromatic heterocycles. The minimum Gasteiger partial charge on any atom is -0.491 e. The summed E-state index contributed by atoms with van der Waals surface area (Å²) >= 11 is 0. The van der Waals surface area contributed by atoms with Crippen LogP contribution in [0.5, 0.6) is 5.75 Å². The molecule has 0 fully saturated rings. The van der Waals surface area contributed by atoms with Gasteiger partial charge < -0.3 is 20.1 Å². The van der Waals surface area contributed by atoms with Gasteiger partial charge in [0.05, 0.1) is 6.61 Å². The van der Waals surface area contributed by atoms with Crippen LogP contribution in [0.4, 0.5) is 5.69 Å². The fourth-order valence-electron chi connectivity index (χ4n) is 2.26. The van der Waals surface area contributed by atoms with Gasteiger partial charge in [0.15, 0.2) is 0 Å². The monoisotopic (exact) mass is 370 g/mol. The van der Waals surface area contributed by atoms with Gasteiger partial charge in [-0.2, -0.15) is 0 Å². The maximum absolute atomic E-state index is 12.3. The quantitative estimate of drug-likeness (QED) is 0.663. The summed E-state index contributed by atoms with van der Waals surface area (Å²) in [6.07, 6.45) is 0.871. The number of nitrogens with one attached hydrogen (secondary N) is 2. The lowest BCUT2D eigenvalue weighted by molar-refractivity contribution is 0.0938. The number of hydrogen-bond acceptors (Lipinski definition) is 4. The average Bonchev–Trinajstić information content (AvgIpc) is 2.69. The molecule has 0 saturated heterocycles. The smallest absolute Gasteiger partial charge is 0.255 e. The Kier molecular flexibility index (Phi) is 7.82. The van der Waals surface area contributed by atoms with Crippen molar-refractivity contribution in [2.45, 2.75) is 26.3 Å². The van der Waals surface area contributed by atoms with Crippen molar-refractivity contribution in [2.75, 3.05) is 25.6 Å². The van der Waals surface area contributed by atoms with Gasteiger partial charge in [0.1, 0.15) is 12.4 Å². The fraction of sp³-hybridized carbons (Fsp3) is 0.333. The van der Waals surface area contributed by atoms with Gasteiger partial charge >= 0.3 is 0 Å². The summed E-state index contributed by atoms with van der Waals surface area (Å²) in [7, 11) is 1.61. The maximum Gasteiger partial charge on any atom is 0.255 e. The second kappa shape index (κ2) is 10.3. The molecule has 6 heteroatoms. The van der Waals surface area contributed by atoms with Crippen LogP contribution in [0.25, 0.3) is 0 Å². The first-order valence-corrected chi connectivity index (χ1v) is 8.97. The molecule has 0 saturated carbocycles. The van der Waals surface area contributed by atoms with Gasteiger partial charge in [0.2, 0.25) is 0 Å². The predicted octanol–water partition coefficient (Wildman–Crippen LogP) is 3.49. The Morgan fingerprint density at radius 1 is 0.926 bits per heavy atom. The van der Waals surface area contributed by atoms with Crippen molar-refractivity contribution in [3.8, 4) is 5.75 Å². The van der Waals surface area contributed by atoms with Crippen LogP contribution in [0, 0.1) is 0 Å². The Bertz CT molecular complexity index is 742. The van der Waals surface area contributed by atoms with Crippen LogP contribution in [0.15, 0.2) is 48.5 Å². The topological polar surface area (TPSA) is 76.7 Å². The van der Waals surface area contributed by atoms with E-state index in [1.165, 1.54) is 0 Å². The molecular formula is C21H26N2O4. The van der Waals surface area contributed by atoms with E-state index in [0.29, 0.717) is 35.8 Å². The van der Waals surface area contributed by atoms with Crippen molar-refractivity contribution < 1.29 is 19.1 Å². The molecule has 27 heavy (non-hydrogen) atoms. The van der Waals surface area contributed by atoms with Gasteiger partial charge in [-0.05, 0) is 61.9 Å². The van der Waals surface area contributed by atoms with Crippen molar-refractivity contribution in [1.29, 1.82) is 0 Å². The van der Waals surface area contributed by atoms with Crippen LogP contribution < -0.4 is 15.4 Å². The minimum absolute atomic E-state index is 0.119. The van der Waals surface area contributed by atoms with E-state index in [-0.39, 0.29) is 17.9 Å². The summed E-state index contributed by atoms with van der Waals surface area (Å²) in [6.45, 7) is 4.94. The summed E-state index contributed by atoms with van der Waals surface area (Å²) in [5.41, 5.74) is 1.71. The molecule has 1 unspecified atom stereocenters. The molecule has 0 aliphatic heterocycles. The van der Waals surface area contributed by atoms with Gasteiger partial charge in [0, 0.05) is 30.0 Å². The number of amides is 2. The number of benzene rings is 2. The molecule has 144 valence electrons. The first kappa shape index (κ1) is 20.5. The zero-order chi connectivity index (χ0) is 19.6. The van der Waals surface area contributed by atoms with Crippen molar-refractivity contribution >= 4 is 17.5 Å². The second-order valence-corrected chi connectivity index (χ2v) is 6.18. The summed E-state index contributed by atoms with van der Waals surface area (Å²) in [4.78, 5) is 24.4. The number of carbonyl (C=O) groups is 2. The number of methoxy groups -OCH3 is 1. The third-order valence-corrected chi connectivity index (χ3v) is 4.07. The van der Waals surface area contributed by atoms with Crippen LogP contribution >= 0.6 is 0 Å². The first-order valence-electron chi connectivity index (χ1n) is 8.97. The van der Waals surface area contributed by atoms with Gasteiger partial charge in [-0.3, -0.25) is 9.59 Å². The lowest BCUT2D eigenvalue weighted by Gasteiger charge is -2.12. The van der Waals surface area contributed by atoms with E-state index in [1.54, 1.807) is 55.6 Å². The molecule has 0 aliphatic carbocycles. The molecule has 0 bridgehead atoms. The third-order valence-electron chi connectivity index (χ3n) is 4.07. The lowest BCUT2D eigenvalue weighted by atomic mass is 10.1. The SMILES string of the molecule is CCC(C)NC(=O)c1ccc(NC(=O)c2ccc(OCCOC)cc2)cc1. The standard InChI is InChI=1S/C21H26N2O4/c1-4-15(2)22-20(24)16-5-9-18(10-6-16)23-21(25)17-7-11-19(12-8-17)27-14-13-26-3/h5-12,15H,4,13-14H2,1-3H3,(H,22,24)(H,23,25). The van der Waals surface area contributed by atoms with E-state index < -0.39 is 0 Å². The minimum atomic E-state index is -0.227. The molecule has 6 nitrogen and oxygen atoms in total. The Labute approximate surface area is 159 Å². The summed E-state index contributed by atoms with van der Waals surface area (Å²) in [5, 5.41) is 5.73. The number of carbonyl (C=O) groups excluding carboxylic acids is 2. The zero-order valence-corrected chi connectivity index (χ0v) is 16.0.